The molecule has 7 heteroatoms. The molecule has 0 amide bonds. The molecule has 1 aliphatic rings. The second-order valence-corrected chi connectivity index (χ2v) is 6.95. The number of halogens is 1. The van der Waals surface area contributed by atoms with Crippen LogP contribution in [-0.4, -0.2) is 35.7 Å². The molecule has 0 aliphatic heterocycles. The Hall–Kier alpha value is -0.860. The predicted molar refractivity (Wildman–Crippen MR) is 112 cm³/mol. The molecule has 0 radical (unpaired) electrons. The maximum atomic E-state index is 5.12. The fraction of sp³-hybridized carbons (Fsp3) is 0.833. The van der Waals surface area contributed by atoms with Crippen LogP contribution in [0.2, 0.25) is 0 Å². The summed E-state index contributed by atoms with van der Waals surface area (Å²) in [5.41, 5.74) is 0. The van der Waals surface area contributed by atoms with Crippen molar-refractivity contribution in [3.63, 3.8) is 0 Å². The van der Waals surface area contributed by atoms with Crippen LogP contribution in [0.15, 0.2) is 9.52 Å². The van der Waals surface area contributed by atoms with Crippen molar-refractivity contribution in [3.05, 3.63) is 11.7 Å². The Kier molecular flexibility index (Phi) is 11.1. The van der Waals surface area contributed by atoms with Gasteiger partial charge in [0.1, 0.15) is 0 Å². The van der Waals surface area contributed by atoms with Crippen LogP contribution in [0.5, 0.6) is 0 Å². The van der Waals surface area contributed by atoms with Crippen LogP contribution in [0.4, 0.5) is 0 Å². The monoisotopic (exact) mass is 463 g/mol. The van der Waals surface area contributed by atoms with E-state index in [1.165, 1.54) is 32.1 Å². The summed E-state index contributed by atoms with van der Waals surface area (Å²) >= 11 is 0. The molecular formula is C18H34IN5O. The second kappa shape index (κ2) is 12.5. The Morgan fingerprint density at radius 1 is 1.32 bits per heavy atom. The standard InChI is InChI=1S/C18H33N5O.HI/c1-4-19-18(20-11-6-9-17-22-15(3)23-24-17)21-12-10-16-8-5-7-14(2)13-16;/h14,16H,4-13H2,1-3H3,(H2,19,20,21);1H. The van der Waals surface area contributed by atoms with Crippen LogP contribution in [-0.2, 0) is 6.42 Å². The number of aryl methyl sites for hydroxylation is 2. The lowest BCUT2D eigenvalue weighted by molar-refractivity contribution is 0.270. The fourth-order valence-corrected chi connectivity index (χ4v) is 3.42. The molecule has 6 nitrogen and oxygen atoms in total. The van der Waals surface area contributed by atoms with E-state index < -0.39 is 0 Å². The third-order valence-electron chi connectivity index (χ3n) is 4.62. The summed E-state index contributed by atoms with van der Waals surface area (Å²) in [5, 5.41) is 10.6. The summed E-state index contributed by atoms with van der Waals surface area (Å²) in [6.07, 6.45) is 8.53. The molecule has 1 aromatic heterocycles. The highest BCUT2D eigenvalue weighted by molar-refractivity contribution is 14.0. The SMILES string of the molecule is CCNC(=NCCCc1nc(C)no1)NCCC1CCCC(C)C1.I. The molecular weight excluding hydrogens is 429 g/mol. The highest BCUT2D eigenvalue weighted by Crippen LogP contribution is 2.30. The number of nitrogens with one attached hydrogen (secondary N) is 2. The molecule has 144 valence electrons. The van der Waals surface area contributed by atoms with Gasteiger partial charge in [0.05, 0.1) is 0 Å². The molecule has 2 N–H and O–H groups in total. The van der Waals surface area contributed by atoms with E-state index in [4.69, 9.17) is 4.52 Å². The highest BCUT2D eigenvalue weighted by atomic mass is 127. The normalized spacial score (nSPS) is 20.8. The van der Waals surface area contributed by atoms with Gasteiger partial charge >= 0.3 is 0 Å². The molecule has 1 fully saturated rings. The third-order valence-corrected chi connectivity index (χ3v) is 4.62. The van der Waals surface area contributed by atoms with E-state index in [2.05, 4.69) is 39.6 Å². The van der Waals surface area contributed by atoms with Gasteiger partial charge in [0, 0.05) is 26.1 Å². The van der Waals surface area contributed by atoms with Gasteiger partial charge < -0.3 is 15.2 Å². The van der Waals surface area contributed by atoms with Gasteiger partial charge in [0.15, 0.2) is 11.8 Å². The summed E-state index contributed by atoms with van der Waals surface area (Å²) in [7, 11) is 0. The van der Waals surface area contributed by atoms with E-state index in [0.717, 1.165) is 50.3 Å². The first-order valence-electron chi connectivity index (χ1n) is 9.48. The minimum Gasteiger partial charge on any atom is -0.357 e. The van der Waals surface area contributed by atoms with Crippen LogP contribution in [0.3, 0.4) is 0 Å². The van der Waals surface area contributed by atoms with Gasteiger partial charge in [-0.15, -0.1) is 24.0 Å². The number of nitrogens with zero attached hydrogens (tertiary/aromatic N) is 3. The minimum absolute atomic E-state index is 0. The molecule has 0 saturated heterocycles. The molecule has 25 heavy (non-hydrogen) atoms. The van der Waals surface area contributed by atoms with Crippen molar-refractivity contribution in [2.45, 2.75) is 65.7 Å². The number of guanidine groups is 1. The summed E-state index contributed by atoms with van der Waals surface area (Å²) in [5.74, 6) is 4.10. The number of hydrogen-bond acceptors (Lipinski definition) is 4. The molecule has 2 unspecified atom stereocenters. The van der Waals surface area contributed by atoms with Crippen molar-refractivity contribution in [1.29, 1.82) is 0 Å². The van der Waals surface area contributed by atoms with Gasteiger partial charge in [0.25, 0.3) is 0 Å². The van der Waals surface area contributed by atoms with Gasteiger partial charge in [-0.2, -0.15) is 4.98 Å². The van der Waals surface area contributed by atoms with Gasteiger partial charge in [-0.3, -0.25) is 4.99 Å². The lowest BCUT2D eigenvalue weighted by Crippen LogP contribution is -2.38. The van der Waals surface area contributed by atoms with Gasteiger partial charge in [0.2, 0.25) is 5.89 Å². The molecule has 1 saturated carbocycles. The zero-order valence-electron chi connectivity index (χ0n) is 15.9. The Balaban J connectivity index is 0.00000312. The topological polar surface area (TPSA) is 75.3 Å². The number of aromatic nitrogens is 2. The second-order valence-electron chi connectivity index (χ2n) is 6.95. The van der Waals surface area contributed by atoms with Crippen LogP contribution < -0.4 is 10.6 Å². The largest absolute Gasteiger partial charge is 0.357 e. The summed E-state index contributed by atoms with van der Waals surface area (Å²) in [6, 6.07) is 0. The number of aliphatic imine (C=N–C) groups is 1. The van der Waals surface area contributed by atoms with Crippen molar-refractivity contribution in [2.75, 3.05) is 19.6 Å². The van der Waals surface area contributed by atoms with E-state index >= 15 is 0 Å². The smallest absolute Gasteiger partial charge is 0.226 e. The highest BCUT2D eigenvalue weighted by Gasteiger charge is 2.18. The van der Waals surface area contributed by atoms with E-state index in [1.54, 1.807) is 0 Å². The van der Waals surface area contributed by atoms with Crippen LogP contribution in [0, 0.1) is 18.8 Å². The first kappa shape index (κ1) is 22.2. The maximum Gasteiger partial charge on any atom is 0.226 e. The molecule has 0 aromatic carbocycles. The van der Waals surface area contributed by atoms with Crippen LogP contribution in [0.1, 0.15) is 64.1 Å². The van der Waals surface area contributed by atoms with Crippen molar-refractivity contribution in [3.8, 4) is 0 Å². The maximum absolute atomic E-state index is 5.12. The zero-order valence-corrected chi connectivity index (χ0v) is 18.2. The average molecular weight is 463 g/mol. The van der Waals surface area contributed by atoms with Crippen molar-refractivity contribution in [2.24, 2.45) is 16.8 Å². The Labute approximate surface area is 169 Å². The van der Waals surface area contributed by atoms with E-state index in [1.807, 2.05) is 6.92 Å². The Morgan fingerprint density at radius 3 is 2.84 bits per heavy atom. The average Bonchev–Trinajstić information content (AvgIpc) is 2.97. The lowest BCUT2D eigenvalue weighted by Gasteiger charge is -2.26. The van der Waals surface area contributed by atoms with Gasteiger partial charge in [-0.1, -0.05) is 31.3 Å². The third kappa shape index (κ3) is 8.87. The first-order valence-corrected chi connectivity index (χ1v) is 9.48. The van der Waals surface area contributed by atoms with Gasteiger partial charge in [-0.25, -0.2) is 0 Å². The van der Waals surface area contributed by atoms with Crippen molar-refractivity contribution >= 4 is 29.9 Å². The van der Waals surface area contributed by atoms with Crippen LogP contribution >= 0.6 is 24.0 Å². The molecule has 2 rings (SSSR count). The number of hydrogen-bond donors (Lipinski definition) is 2. The van der Waals surface area contributed by atoms with Crippen molar-refractivity contribution < 1.29 is 4.52 Å². The quantitative estimate of drug-likeness (QED) is 0.266. The molecule has 1 aromatic rings. The first-order chi connectivity index (χ1) is 11.7. The molecule has 1 aliphatic carbocycles. The number of rotatable bonds is 8. The van der Waals surface area contributed by atoms with E-state index in [0.29, 0.717) is 11.7 Å². The molecule has 1 heterocycles. The molecule has 0 bridgehead atoms. The fourth-order valence-electron chi connectivity index (χ4n) is 3.42. The summed E-state index contributed by atoms with van der Waals surface area (Å²) in [6.45, 7) is 8.97. The Bertz CT molecular complexity index is 505. The minimum atomic E-state index is 0. The van der Waals surface area contributed by atoms with Crippen molar-refractivity contribution in [1.82, 2.24) is 20.8 Å². The van der Waals surface area contributed by atoms with Crippen LogP contribution in [0.25, 0.3) is 0 Å². The molecule has 0 spiro atoms. The Morgan fingerprint density at radius 2 is 2.16 bits per heavy atom. The molecule has 2 atom stereocenters. The van der Waals surface area contributed by atoms with Gasteiger partial charge in [-0.05, 0) is 44.9 Å². The zero-order chi connectivity index (χ0) is 17.2. The van der Waals surface area contributed by atoms with E-state index in [-0.39, 0.29) is 24.0 Å². The van der Waals surface area contributed by atoms with E-state index in [9.17, 15) is 0 Å². The lowest BCUT2D eigenvalue weighted by atomic mass is 9.81. The predicted octanol–water partition coefficient (Wildman–Crippen LogP) is 3.70. The summed E-state index contributed by atoms with van der Waals surface area (Å²) < 4.78 is 5.12. The summed E-state index contributed by atoms with van der Waals surface area (Å²) in [4.78, 5) is 8.85.